The van der Waals surface area contributed by atoms with Gasteiger partial charge < -0.3 is 0 Å². The van der Waals surface area contributed by atoms with E-state index in [4.69, 9.17) is 0 Å². The maximum Gasteiger partial charge on any atom is 0.0338 e. The third kappa shape index (κ3) is 7.76. The maximum absolute atomic E-state index is 4.14. The van der Waals surface area contributed by atoms with Crippen molar-refractivity contribution in [2.24, 2.45) is 4.99 Å². The standard InChI is InChI=1S/C12H23N/c1-4-6-7-8-9-10-11-12(5-2)13-3/h5H,2,4,6-11H2,1,3H3/b13-12+. The second-order valence-corrected chi connectivity index (χ2v) is 3.44. The molecule has 1 heteroatoms. The molecule has 0 aromatic heterocycles. The molecule has 0 rings (SSSR count). The number of nitrogens with zero attached hydrogens (tertiary/aromatic N) is 1. The summed E-state index contributed by atoms with van der Waals surface area (Å²) in [6.07, 6.45) is 11.1. The van der Waals surface area contributed by atoms with E-state index >= 15 is 0 Å². The summed E-state index contributed by atoms with van der Waals surface area (Å²) in [5, 5.41) is 0. The number of aliphatic imine (C=N–C) groups is 1. The van der Waals surface area contributed by atoms with Crippen molar-refractivity contribution < 1.29 is 0 Å². The molecule has 0 aliphatic rings. The first-order valence-corrected chi connectivity index (χ1v) is 5.43. The molecule has 76 valence electrons. The summed E-state index contributed by atoms with van der Waals surface area (Å²) in [4.78, 5) is 4.14. The maximum atomic E-state index is 4.14. The average molecular weight is 181 g/mol. The first-order chi connectivity index (χ1) is 6.35. The molecule has 0 aliphatic carbocycles. The molecule has 0 saturated heterocycles. The lowest BCUT2D eigenvalue weighted by Gasteiger charge is -2.00. The third-order valence-electron chi connectivity index (χ3n) is 2.31. The molecule has 0 amide bonds. The van der Waals surface area contributed by atoms with Crippen molar-refractivity contribution in [3.63, 3.8) is 0 Å². The zero-order valence-electron chi connectivity index (χ0n) is 9.18. The molecule has 0 aliphatic heterocycles. The minimum absolute atomic E-state index is 1.10. The fraction of sp³-hybridized carbons (Fsp3) is 0.750. The predicted octanol–water partition coefficient (Wildman–Crippen LogP) is 3.99. The fourth-order valence-corrected chi connectivity index (χ4v) is 1.39. The zero-order valence-corrected chi connectivity index (χ0v) is 9.18. The van der Waals surface area contributed by atoms with E-state index in [-0.39, 0.29) is 0 Å². The van der Waals surface area contributed by atoms with Crippen molar-refractivity contribution in [2.75, 3.05) is 7.05 Å². The molecular formula is C12H23N. The van der Waals surface area contributed by atoms with Crippen LogP contribution in [0.25, 0.3) is 0 Å². The van der Waals surface area contributed by atoms with Crippen molar-refractivity contribution in [1.82, 2.24) is 0 Å². The highest BCUT2D eigenvalue weighted by Crippen LogP contribution is 2.07. The van der Waals surface area contributed by atoms with Crippen LogP contribution in [0, 0.1) is 0 Å². The van der Waals surface area contributed by atoms with Crippen LogP contribution in [0.3, 0.4) is 0 Å². The lowest BCUT2D eigenvalue weighted by molar-refractivity contribution is 0.615. The first-order valence-electron chi connectivity index (χ1n) is 5.43. The van der Waals surface area contributed by atoms with E-state index in [1.54, 1.807) is 0 Å². The molecule has 0 saturated carbocycles. The van der Waals surface area contributed by atoms with E-state index in [1.807, 2.05) is 13.1 Å². The molecule has 0 spiro atoms. The molecule has 0 atom stereocenters. The summed E-state index contributed by atoms with van der Waals surface area (Å²) >= 11 is 0. The van der Waals surface area contributed by atoms with Crippen molar-refractivity contribution in [2.45, 2.75) is 51.9 Å². The van der Waals surface area contributed by atoms with Crippen LogP contribution in [-0.4, -0.2) is 12.8 Å². The number of hydrogen-bond donors (Lipinski definition) is 0. The molecule has 13 heavy (non-hydrogen) atoms. The largest absolute Gasteiger partial charge is 0.293 e. The number of rotatable bonds is 8. The summed E-state index contributed by atoms with van der Waals surface area (Å²) in [7, 11) is 1.84. The van der Waals surface area contributed by atoms with Crippen LogP contribution in [0.2, 0.25) is 0 Å². The minimum Gasteiger partial charge on any atom is -0.293 e. The van der Waals surface area contributed by atoms with Crippen LogP contribution < -0.4 is 0 Å². The SMILES string of the molecule is C=C/C(CCCCCCCC)=N\C. The van der Waals surface area contributed by atoms with Crippen LogP contribution in [-0.2, 0) is 0 Å². The van der Waals surface area contributed by atoms with Gasteiger partial charge >= 0.3 is 0 Å². The summed E-state index contributed by atoms with van der Waals surface area (Å²) in [5.41, 5.74) is 1.15. The molecule has 0 fully saturated rings. The van der Waals surface area contributed by atoms with Gasteiger partial charge in [-0.25, -0.2) is 0 Å². The fourth-order valence-electron chi connectivity index (χ4n) is 1.39. The molecule has 0 bridgehead atoms. The Morgan fingerprint density at radius 2 is 1.77 bits per heavy atom. The van der Waals surface area contributed by atoms with E-state index in [9.17, 15) is 0 Å². The van der Waals surface area contributed by atoms with Gasteiger partial charge in [0.1, 0.15) is 0 Å². The topological polar surface area (TPSA) is 12.4 Å². The highest BCUT2D eigenvalue weighted by molar-refractivity contribution is 5.94. The second kappa shape index (κ2) is 9.50. The van der Waals surface area contributed by atoms with E-state index in [0.29, 0.717) is 0 Å². The van der Waals surface area contributed by atoms with Crippen LogP contribution in [0.1, 0.15) is 51.9 Å². The van der Waals surface area contributed by atoms with Crippen molar-refractivity contribution in [3.8, 4) is 0 Å². The van der Waals surface area contributed by atoms with Gasteiger partial charge in [-0.15, -0.1) is 0 Å². The molecule has 0 heterocycles. The smallest absolute Gasteiger partial charge is 0.0338 e. The zero-order chi connectivity index (χ0) is 9.94. The monoisotopic (exact) mass is 181 g/mol. The van der Waals surface area contributed by atoms with Crippen molar-refractivity contribution >= 4 is 5.71 Å². The van der Waals surface area contributed by atoms with E-state index in [2.05, 4.69) is 18.5 Å². The summed E-state index contributed by atoms with van der Waals surface area (Å²) in [6, 6.07) is 0. The van der Waals surface area contributed by atoms with Gasteiger partial charge in [-0.1, -0.05) is 45.6 Å². The van der Waals surface area contributed by atoms with Crippen LogP contribution in [0.15, 0.2) is 17.6 Å². The number of allylic oxidation sites excluding steroid dienone is 1. The molecular weight excluding hydrogens is 158 g/mol. The summed E-state index contributed by atoms with van der Waals surface area (Å²) < 4.78 is 0. The number of hydrogen-bond acceptors (Lipinski definition) is 1. The summed E-state index contributed by atoms with van der Waals surface area (Å²) in [6.45, 7) is 5.98. The Kier molecular flexibility index (Phi) is 9.07. The lowest BCUT2D eigenvalue weighted by atomic mass is 10.1. The molecule has 0 aromatic rings. The van der Waals surface area contributed by atoms with Gasteiger partial charge in [-0.05, 0) is 18.9 Å². The van der Waals surface area contributed by atoms with Crippen LogP contribution in [0.5, 0.6) is 0 Å². The minimum atomic E-state index is 1.10. The summed E-state index contributed by atoms with van der Waals surface area (Å²) in [5.74, 6) is 0. The molecule has 0 aromatic carbocycles. The van der Waals surface area contributed by atoms with Gasteiger partial charge in [0.2, 0.25) is 0 Å². The highest BCUT2D eigenvalue weighted by atomic mass is 14.7. The van der Waals surface area contributed by atoms with E-state index in [0.717, 1.165) is 12.1 Å². The van der Waals surface area contributed by atoms with Gasteiger partial charge in [-0.3, -0.25) is 4.99 Å². The van der Waals surface area contributed by atoms with Gasteiger partial charge in [0.15, 0.2) is 0 Å². The Morgan fingerprint density at radius 1 is 1.15 bits per heavy atom. The molecule has 0 N–H and O–H groups in total. The lowest BCUT2D eigenvalue weighted by Crippen LogP contribution is -1.92. The first kappa shape index (κ1) is 12.4. The van der Waals surface area contributed by atoms with Gasteiger partial charge in [0, 0.05) is 12.8 Å². The molecule has 0 radical (unpaired) electrons. The Bertz CT molecular complexity index is 147. The van der Waals surface area contributed by atoms with E-state index < -0.39 is 0 Å². The van der Waals surface area contributed by atoms with Gasteiger partial charge in [0.05, 0.1) is 0 Å². The van der Waals surface area contributed by atoms with E-state index in [1.165, 1.54) is 38.5 Å². The van der Waals surface area contributed by atoms with Gasteiger partial charge in [0.25, 0.3) is 0 Å². The third-order valence-corrected chi connectivity index (χ3v) is 2.31. The Morgan fingerprint density at radius 3 is 2.31 bits per heavy atom. The Balaban J connectivity index is 3.20. The van der Waals surface area contributed by atoms with Crippen LogP contribution >= 0.6 is 0 Å². The Hall–Kier alpha value is -0.590. The quantitative estimate of drug-likeness (QED) is 0.396. The highest BCUT2D eigenvalue weighted by Gasteiger charge is 1.93. The molecule has 0 unspecified atom stereocenters. The normalized spacial score (nSPS) is 11.7. The predicted molar refractivity (Wildman–Crippen MR) is 61.5 cm³/mol. The van der Waals surface area contributed by atoms with Crippen LogP contribution in [0.4, 0.5) is 0 Å². The van der Waals surface area contributed by atoms with Crippen molar-refractivity contribution in [1.29, 1.82) is 0 Å². The Labute approximate surface area is 83.0 Å². The molecule has 1 nitrogen and oxygen atoms in total. The number of unbranched alkanes of at least 4 members (excludes halogenated alkanes) is 5. The second-order valence-electron chi connectivity index (χ2n) is 3.44. The van der Waals surface area contributed by atoms with Crippen molar-refractivity contribution in [3.05, 3.63) is 12.7 Å². The average Bonchev–Trinajstić information content (AvgIpc) is 2.17. The van der Waals surface area contributed by atoms with Gasteiger partial charge in [-0.2, -0.15) is 0 Å².